The van der Waals surface area contributed by atoms with Gasteiger partial charge in [-0.25, -0.2) is 0 Å². The van der Waals surface area contributed by atoms with E-state index in [2.05, 4.69) is 11.1 Å². The van der Waals surface area contributed by atoms with E-state index in [0.717, 1.165) is 17.8 Å². The van der Waals surface area contributed by atoms with Crippen LogP contribution in [0.3, 0.4) is 0 Å². The molecule has 1 saturated heterocycles. The van der Waals surface area contributed by atoms with Gasteiger partial charge < -0.3 is 9.47 Å². The number of nitrogens with zero attached hydrogens (tertiary/aromatic N) is 1. The fourth-order valence-corrected chi connectivity index (χ4v) is 2.81. The molecular formula is C15H17NO3. The topological polar surface area (TPSA) is 47.9 Å². The molecule has 19 heavy (non-hydrogen) atoms. The van der Waals surface area contributed by atoms with E-state index in [1.165, 1.54) is 5.56 Å². The fourth-order valence-electron chi connectivity index (χ4n) is 2.81. The van der Waals surface area contributed by atoms with Gasteiger partial charge in [0.05, 0.1) is 24.4 Å². The Balaban J connectivity index is 1.81. The Morgan fingerprint density at radius 1 is 1.47 bits per heavy atom. The highest BCUT2D eigenvalue weighted by atomic mass is 16.5. The number of hydrogen-bond acceptors (Lipinski definition) is 4. The maximum atomic E-state index is 11.6. The van der Waals surface area contributed by atoms with E-state index < -0.39 is 0 Å². The minimum Gasteiger partial charge on any atom is -0.466 e. The predicted octanol–water partition coefficient (Wildman–Crippen LogP) is 2.60. The molecule has 0 radical (unpaired) electrons. The lowest BCUT2D eigenvalue weighted by Gasteiger charge is -2.28. The van der Waals surface area contributed by atoms with Crippen molar-refractivity contribution in [2.75, 3.05) is 13.2 Å². The number of aliphatic imine (C=N–C) groups is 1. The molecule has 0 aliphatic carbocycles. The summed E-state index contributed by atoms with van der Waals surface area (Å²) in [4.78, 5) is 16.3. The molecule has 1 fully saturated rings. The van der Waals surface area contributed by atoms with Gasteiger partial charge in [-0.3, -0.25) is 9.79 Å². The van der Waals surface area contributed by atoms with Crippen LogP contribution >= 0.6 is 0 Å². The molecule has 0 spiro atoms. The molecule has 2 atom stereocenters. The lowest BCUT2D eigenvalue weighted by molar-refractivity contribution is -0.145. The molecule has 1 aromatic carbocycles. The van der Waals surface area contributed by atoms with E-state index in [1.54, 1.807) is 0 Å². The van der Waals surface area contributed by atoms with Crippen LogP contribution in [-0.4, -0.2) is 31.0 Å². The molecule has 0 N–H and O–H groups in total. The Hall–Kier alpha value is -1.68. The van der Waals surface area contributed by atoms with Gasteiger partial charge in [0.15, 0.2) is 0 Å². The van der Waals surface area contributed by atoms with Crippen molar-refractivity contribution in [1.82, 2.24) is 0 Å². The summed E-state index contributed by atoms with van der Waals surface area (Å²) in [5, 5.41) is 0. The lowest BCUT2D eigenvalue weighted by atomic mass is 9.87. The largest absolute Gasteiger partial charge is 0.466 e. The van der Waals surface area contributed by atoms with E-state index >= 15 is 0 Å². The molecule has 3 rings (SSSR count). The van der Waals surface area contributed by atoms with E-state index in [1.807, 2.05) is 25.1 Å². The minimum atomic E-state index is -0.231. The maximum absolute atomic E-state index is 11.6. The lowest BCUT2D eigenvalue weighted by Crippen LogP contribution is -2.36. The van der Waals surface area contributed by atoms with Gasteiger partial charge >= 0.3 is 5.97 Å². The van der Waals surface area contributed by atoms with Gasteiger partial charge in [-0.05, 0) is 25.0 Å². The highest BCUT2D eigenvalue weighted by Gasteiger charge is 2.37. The molecule has 2 heterocycles. The van der Waals surface area contributed by atoms with Crippen LogP contribution in [0, 0.1) is 0 Å². The second kappa shape index (κ2) is 5.13. The standard InChI is InChI=1S/C15H17NO3/c1-2-18-14(17)9-13-15-11(7-8-19-13)10-5-3-4-6-12(10)16-15/h3-6,11,13H,2,7-9H2,1H3. The van der Waals surface area contributed by atoms with Crippen LogP contribution in [0.4, 0.5) is 5.69 Å². The maximum Gasteiger partial charge on any atom is 0.308 e. The molecule has 0 saturated carbocycles. The summed E-state index contributed by atoms with van der Waals surface area (Å²) >= 11 is 0. The van der Waals surface area contributed by atoms with Crippen molar-refractivity contribution in [3.05, 3.63) is 29.8 Å². The number of carbonyl (C=O) groups excluding carboxylic acids is 1. The Morgan fingerprint density at radius 2 is 2.32 bits per heavy atom. The molecule has 1 aromatic rings. The van der Waals surface area contributed by atoms with E-state index in [9.17, 15) is 4.79 Å². The number of rotatable bonds is 3. The van der Waals surface area contributed by atoms with Crippen molar-refractivity contribution in [1.29, 1.82) is 0 Å². The summed E-state index contributed by atoms with van der Waals surface area (Å²) in [7, 11) is 0. The SMILES string of the molecule is CCOC(=O)CC1OCCC2C1=Nc1ccccc12. The molecule has 0 bridgehead atoms. The first-order valence-corrected chi connectivity index (χ1v) is 6.74. The first-order valence-electron chi connectivity index (χ1n) is 6.74. The Bertz CT molecular complexity index is 524. The van der Waals surface area contributed by atoms with Gasteiger partial charge in [0.1, 0.15) is 6.10 Å². The first-order chi connectivity index (χ1) is 9.29. The summed E-state index contributed by atoms with van der Waals surface area (Å²) in [5.74, 6) is 0.0937. The molecule has 0 amide bonds. The molecule has 2 aliphatic rings. The summed E-state index contributed by atoms with van der Waals surface area (Å²) in [6.45, 7) is 2.88. The van der Waals surface area contributed by atoms with Crippen LogP contribution in [0.1, 0.15) is 31.2 Å². The van der Waals surface area contributed by atoms with Crippen molar-refractivity contribution in [2.24, 2.45) is 4.99 Å². The van der Waals surface area contributed by atoms with Crippen molar-refractivity contribution < 1.29 is 14.3 Å². The smallest absolute Gasteiger partial charge is 0.308 e. The highest BCUT2D eigenvalue weighted by molar-refractivity contribution is 6.03. The second-order valence-electron chi connectivity index (χ2n) is 4.81. The number of carbonyl (C=O) groups is 1. The zero-order valence-electron chi connectivity index (χ0n) is 11.0. The van der Waals surface area contributed by atoms with Crippen LogP contribution in [0.25, 0.3) is 0 Å². The number of para-hydroxylation sites is 1. The number of hydrogen-bond donors (Lipinski definition) is 0. The Kier molecular flexibility index (Phi) is 3.34. The average molecular weight is 259 g/mol. The zero-order valence-corrected chi connectivity index (χ0v) is 11.0. The van der Waals surface area contributed by atoms with Crippen molar-refractivity contribution >= 4 is 17.4 Å². The molecule has 100 valence electrons. The van der Waals surface area contributed by atoms with Crippen LogP contribution in [0.2, 0.25) is 0 Å². The van der Waals surface area contributed by atoms with Gasteiger partial charge in [0.2, 0.25) is 0 Å². The molecular weight excluding hydrogens is 242 g/mol. The summed E-state index contributed by atoms with van der Waals surface area (Å²) in [5.41, 5.74) is 3.26. The average Bonchev–Trinajstić information content (AvgIpc) is 2.79. The van der Waals surface area contributed by atoms with Gasteiger partial charge in [-0.1, -0.05) is 18.2 Å². The summed E-state index contributed by atoms with van der Waals surface area (Å²) < 4.78 is 10.7. The third kappa shape index (κ3) is 2.28. The predicted molar refractivity (Wildman–Crippen MR) is 71.9 cm³/mol. The number of esters is 1. The van der Waals surface area contributed by atoms with Crippen LogP contribution in [0.5, 0.6) is 0 Å². The quantitative estimate of drug-likeness (QED) is 0.784. The van der Waals surface area contributed by atoms with Crippen LogP contribution in [-0.2, 0) is 14.3 Å². The third-order valence-electron chi connectivity index (χ3n) is 3.63. The monoisotopic (exact) mass is 259 g/mol. The zero-order chi connectivity index (χ0) is 13.2. The molecule has 4 heteroatoms. The number of ether oxygens (including phenoxy) is 2. The van der Waals surface area contributed by atoms with Crippen LogP contribution < -0.4 is 0 Å². The number of fused-ring (bicyclic) bond motifs is 3. The summed E-state index contributed by atoms with van der Waals surface area (Å²) in [6, 6.07) is 8.15. The van der Waals surface area contributed by atoms with Crippen molar-refractivity contribution in [3.63, 3.8) is 0 Å². The van der Waals surface area contributed by atoms with E-state index in [-0.39, 0.29) is 18.5 Å². The van der Waals surface area contributed by atoms with Gasteiger partial charge in [0, 0.05) is 12.5 Å². The van der Waals surface area contributed by atoms with Gasteiger partial charge in [-0.15, -0.1) is 0 Å². The first kappa shape index (κ1) is 12.4. The van der Waals surface area contributed by atoms with E-state index in [0.29, 0.717) is 19.1 Å². The van der Waals surface area contributed by atoms with Crippen molar-refractivity contribution in [2.45, 2.75) is 31.8 Å². The van der Waals surface area contributed by atoms with Crippen LogP contribution in [0.15, 0.2) is 29.3 Å². The molecule has 4 nitrogen and oxygen atoms in total. The third-order valence-corrected chi connectivity index (χ3v) is 3.63. The van der Waals surface area contributed by atoms with Gasteiger partial charge in [0.25, 0.3) is 0 Å². The Morgan fingerprint density at radius 3 is 3.16 bits per heavy atom. The highest BCUT2D eigenvalue weighted by Crippen LogP contribution is 2.41. The second-order valence-corrected chi connectivity index (χ2v) is 4.81. The van der Waals surface area contributed by atoms with Gasteiger partial charge in [-0.2, -0.15) is 0 Å². The van der Waals surface area contributed by atoms with Crippen molar-refractivity contribution in [3.8, 4) is 0 Å². The summed E-state index contributed by atoms with van der Waals surface area (Å²) in [6.07, 6.45) is 0.969. The molecule has 2 unspecified atom stereocenters. The normalized spacial score (nSPS) is 24.4. The molecule has 2 aliphatic heterocycles. The molecule has 0 aromatic heterocycles. The minimum absolute atomic E-state index is 0.216. The van der Waals surface area contributed by atoms with E-state index in [4.69, 9.17) is 9.47 Å². The Labute approximate surface area is 112 Å². The fraction of sp³-hybridized carbons (Fsp3) is 0.467. The number of benzene rings is 1.